The van der Waals surface area contributed by atoms with Crippen LogP contribution in [0.4, 0.5) is 4.39 Å². The molecule has 0 aromatic heterocycles. The molecule has 1 saturated heterocycles. The molecule has 0 unspecified atom stereocenters. The number of hydrogen-bond acceptors (Lipinski definition) is 4. The molecule has 0 aliphatic carbocycles. The number of sulfonamides is 1. The van der Waals surface area contributed by atoms with Crippen LogP contribution in [-0.4, -0.2) is 74.7 Å². The standard InChI is InChI=1S/C15H21ClFN3O3S/c1-11(15(21)18(2)3)19-6-8-20(9-7-19)24(22,23)12-4-5-14(17)13(16)10-12/h4-5,10-11H,6-9H2,1-3H3/t11-/m0/s1. The Balaban J connectivity index is 2.08. The first-order valence-corrected chi connectivity index (χ1v) is 9.37. The van der Waals surface area contributed by atoms with E-state index in [0.29, 0.717) is 13.1 Å². The molecule has 1 atom stereocenters. The summed E-state index contributed by atoms with van der Waals surface area (Å²) in [6.07, 6.45) is 0. The number of rotatable bonds is 4. The van der Waals surface area contributed by atoms with Crippen molar-refractivity contribution in [1.82, 2.24) is 14.1 Å². The van der Waals surface area contributed by atoms with Gasteiger partial charge in [-0.15, -0.1) is 0 Å². The summed E-state index contributed by atoms with van der Waals surface area (Å²) < 4.78 is 39.8. The first-order valence-electron chi connectivity index (χ1n) is 7.55. The van der Waals surface area contributed by atoms with Gasteiger partial charge in [0, 0.05) is 40.3 Å². The van der Waals surface area contributed by atoms with Crippen LogP contribution < -0.4 is 0 Å². The molecular weight excluding hydrogens is 357 g/mol. The molecule has 0 saturated carbocycles. The van der Waals surface area contributed by atoms with Gasteiger partial charge in [0.1, 0.15) is 5.82 Å². The van der Waals surface area contributed by atoms with Crippen molar-refractivity contribution in [3.05, 3.63) is 29.0 Å². The zero-order valence-corrected chi connectivity index (χ0v) is 15.4. The normalized spacial score (nSPS) is 18.4. The highest BCUT2D eigenvalue weighted by molar-refractivity contribution is 7.89. The lowest BCUT2D eigenvalue weighted by Gasteiger charge is -2.37. The van der Waals surface area contributed by atoms with Gasteiger partial charge in [-0.1, -0.05) is 11.6 Å². The van der Waals surface area contributed by atoms with Crippen molar-refractivity contribution in [3.8, 4) is 0 Å². The molecule has 0 N–H and O–H groups in total. The Labute approximate surface area is 146 Å². The monoisotopic (exact) mass is 377 g/mol. The molecule has 0 bridgehead atoms. The van der Waals surface area contributed by atoms with Crippen LogP contribution in [0.25, 0.3) is 0 Å². The fourth-order valence-corrected chi connectivity index (χ4v) is 4.34. The van der Waals surface area contributed by atoms with Gasteiger partial charge in [-0.25, -0.2) is 12.8 Å². The molecule has 6 nitrogen and oxygen atoms in total. The average molecular weight is 378 g/mol. The Morgan fingerprint density at radius 2 is 1.83 bits per heavy atom. The van der Waals surface area contributed by atoms with Crippen LogP contribution >= 0.6 is 11.6 Å². The summed E-state index contributed by atoms with van der Waals surface area (Å²) in [5, 5.41) is -0.222. The number of piperazine rings is 1. The number of benzene rings is 1. The average Bonchev–Trinajstić information content (AvgIpc) is 2.55. The molecule has 1 aliphatic heterocycles. The van der Waals surface area contributed by atoms with Gasteiger partial charge in [-0.05, 0) is 25.1 Å². The summed E-state index contributed by atoms with van der Waals surface area (Å²) in [5.41, 5.74) is 0. The maximum Gasteiger partial charge on any atom is 0.243 e. The summed E-state index contributed by atoms with van der Waals surface area (Å²) in [5.74, 6) is -0.673. The Kier molecular flexibility index (Phi) is 5.85. The summed E-state index contributed by atoms with van der Waals surface area (Å²) in [6, 6.07) is 3.08. The second-order valence-corrected chi connectivity index (χ2v) is 8.27. The van der Waals surface area contributed by atoms with Crippen molar-refractivity contribution >= 4 is 27.5 Å². The van der Waals surface area contributed by atoms with Crippen molar-refractivity contribution in [1.29, 1.82) is 0 Å². The van der Waals surface area contributed by atoms with E-state index in [9.17, 15) is 17.6 Å². The van der Waals surface area contributed by atoms with Gasteiger partial charge >= 0.3 is 0 Å². The van der Waals surface area contributed by atoms with Gasteiger partial charge in [-0.3, -0.25) is 9.69 Å². The zero-order valence-electron chi connectivity index (χ0n) is 13.9. The van der Waals surface area contributed by atoms with E-state index in [0.717, 1.165) is 12.1 Å². The topological polar surface area (TPSA) is 60.9 Å². The molecular formula is C15H21ClFN3O3S. The lowest BCUT2D eigenvalue weighted by atomic mass is 10.2. The van der Waals surface area contributed by atoms with Crippen LogP contribution in [-0.2, 0) is 14.8 Å². The van der Waals surface area contributed by atoms with E-state index in [1.807, 2.05) is 11.8 Å². The van der Waals surface area contributed by atoms with E-state index in [1.54, 1.807) is 14.1 Å². The van der Waals surface area contributed by atoms with Crippen molar-refractivity contribution < 1.29 is 17.6 Å². The van der Waals surface area contributed by atoms with E-state index in [2.05, 4.69) is 0 Å². The molecule has 1 aliphatic rings. The lowest BCUT2D eigenvalue weighted by molar-refractivity contribution is -0.134. The fourth-order valence-electron chi connectivity index (χ4n) is 2.65. The first kappa shape index (κ1) is 19.1. The molecule has 24 heavy (non-hydrogen) atoms. The van der Waals surface area contributed by atoms with Crippen LogP contribution in [0, 0.1) is 5.82 Å². The number of halogens is 2. The molecule has 1 amide bonds. The van der Waals surface area contributed by atoms with E-state index >= 15 is 0 Å². The van der Waals surface area contributed by atoms with Crippen LogP contribution in [0.3, 0.4) is 0 Å². The van der Waals surface area contributed by atoms with Gasteiger partial charge in [0.05, 0.1) is 16.0 Å². The van der Waals surface area contributed by atoms with Gasteiger partial charge in [0.15, 0.2) is 0 Å². The summed E-state index contributed by atoms with van der Waals surface area (Å²) in [4.78, 5) is 15.5. The molecule has 1 aromatic rings. The summed E-state index contributed by atoms with van der Waals surface area (Å²) in [7, 11) is -0.342. The molecule has 1 aromatic carbocycles. The highest BCUT2D eigenvalue weighted by Crippen LogP contribution is 2.23. The van der Waals surface area contributed by atoms with Gasteiger partial charge in [0.25, 0.3) is 0 Å². The summed E-state index contributed by atoms with van der Waals surface area (Å²) >= 11 is 5.68. The maximum absolute atomic E-state index is 13.2. The third-order valence-corrected chi connectivity index (χ3v) is 6.33. The van der Waals surface area contributed by atoms with Crippen molar-refractivity contribution in [2.75, 3.05) is 40.3 Å². The van der Waals surface area contributed by atoms with Crippen LogP contribution in [0.15, 0.2) is 23.1 Å². The fraction of sp³-hybridized carbons (Fsp3) is 0.533. The largest absolute Gasteiger partial charge is 0.347 e. The maximum atomic E-state index is 13.2. The number of likely N-dealkylation sites (N-methyl/N-ethyl adjacent to an activating group) is 1. The Morgan fingerprint density at radius 1 is 1.25 bits per heavy atom. The minimum atomic E-state index is -3.73. The van der Waals surface area contributed by atoms with Crippen LogP contribution in [0.2, 0.25) is 5.02 Å². The molecule has 1 fully saturated rings. The highest BCUT2D eigenvalue weighted by atomic mass is 35.5. The minimum absolute atomic E-state index is 0.0170. The third kappa shape index (κ3) is 3.88. The van der Waals surface area contributed by atoms with Crippen molar-refractivity contribution in [2.24, 2.45) is 0 Å². The molecule has 9 heteroatoms. The number of amides is 1. The molecule has 2 rings (SSSR count). The van der Waals surface area contributed by atoms with E-state index < -0.39 is 15.8 Å². The molecule has 1 heterocycles. The molecule has 0 spiro atoms. The second kappa shape index (κ2) is 7.35. The van der Waals surface area contributed by atoms with E-state index in [-0.39, 0.29) is 35.0 Å². The predicted octanol–water partition coefficient (Wildman–Crippen LogP) is 1.26. The highest BCUT2D eigenvalue weighted by Gasteiger charge is 2.32. The van der Waals surface area contributed by atoms with E-state index in [4.69, 9.17) is 11.6 Å². The number of carbonyl (C=O) groups is 1. The quantitative estimate of drug-likeness (QED) is 0.792. The van der Waals surface area contributed by atoms with Gasteiger partial charge in [-0.2, -0.15) is 4.31 Å². The smallest absolute Gasteiger partial charge is 0.243 e. The Hall–Kier alpha value is -1.22. The SMILES string of the molecule is C[C@@H](C(=O)N(C)C)N1CCN(S(=O)(=O)c2ccc(F)c(Cl)c2)CC1. The van der Waals surface area contributed by atoms with Gasteiger partial charge in [0.2, 0.25) is 15.9 Å². The molecule has 0 radical (unpaired) electrons. The van der Waals surface area contributed by atoms with Gasteiger partial charge < -0.3 is 4.90 Å². The molecule has 134 valence electrons. The van der Waals surface area contributed by atoms with Crippen molar-refractivity contribution in [3.63, 3.8) is 0 Å². The summed E-state index contributed by atoms with van der Waals surface area (Å²) in [6.45, 7) is 3.25. The zero-order chi connectivity index (χ0) is 18.1. The minimum Gasteiger partial charge on any atom is -0.347 e. The predicted molar refractivity (Wildman–Crippen MR) is 89.9 cm³/mol. The van der Waals surface area contributed by atoms with Crippen LogP contribution in [0.5, 0.6) is 0 Å². The Morgan fingerprint density at radius 3 is 2.33 bits per heavy atom. The first-order chi connectivity index (χ1) is 11.1. The Bertz CT molecular complexity index is 719. The van der Waals surface area contributed by atoms with Crippen LogP contribution in [0.1, 0.15) is 6.92 Å². The number of carbonyl (C=O) groups excluding carboxylic acids is 1. The number of nitrogens with zero attached hydrogens (tertiary/aromatic N) is 3. The second-order valence-electron chi connectivity index (χ2n) is 5.92. The van der Waals surface area contributed by atoms with E-state index in [1.165, 1.54) is 15.3 Å². The third-order valence-electron chi connectivity index (χ3n) is 4.15. The lowest BCUT2D eigenvalue weighted by Crippen LogP contribution is -2.54. The van der Waals surface area contributed by atoms with Crippen molar-refractivity contribution in [2.45, 2.75) is 17.9 Å². The number of hydrogen-bond donors (Lipinski definition) is 0.